The van der Waals surface area contributed by atoms with E-state index in [4.69, 9.17) is 5.73 Å². The zero-order valence-electron chi connectivity index (χ0n) is 10.2. The molecule has 1 atom stereocenters. The average molecular weight is 331 g/mol. The first kappa shape index (κ1) is 13.6. The molecule has 0 aromatic carbocycles. The van der Waals surface area contributed by atoms with Gasteiger partial charge in [0.2, 0.25) is 0 Å². The number of hydrogen-bond donors (Lipinski definition) is 1. The molecule has 0 spiro atoms. The van der Waals surface area contributed by atoms with E-state index in [1.807, 2.05) is 18.8 Å². The van der Waals surface area contributed by atoms with Crippen LogP contribution in [-0.4, -0.2) is 44.9 Å². The Hall–Kier alpha value is -0.830. The Bertz CT molecular complexity index is 494. The number of nitrogens with zero attached hydrogens (tertiary/aromatic N) is 5. The lowest BCUT2D eigenvalue weighted by molar-refractivity contribution is 0.368. The highest BCUT2D eigenvalue weighted by Crippen LogP contribution is 2.27. The second-order valence-corrected chi connectivity index (χ2v) is 5.87. The molecule has 0 amide bonds. The first-order valence-electron chi connectivity index (χ1n) is 5.48. The number of aromatic nitrogens is 4. The summed E-state index contributed by atoms with van der Waals surface area (Å²) in [7, 11) is 4.07. The summed E-state index contributed by atoms with van der Waals surface area (Å²) in [5, 5.41) is 8.17. The molecule has 2 aromatic rings. The van der Waals surface area contributed by atoms with Crippen LogP contribution >= 0.6 is 27.5 Å². The van der Waals surface area contributed by atoms with Crippen molar-refractivity contribution in [2.75, 3.05) is 20.6 Å². The highest BCUT2D eigenvalue weighted by atomic mass is 79.9. The molecule has 2 aromatic heterocycles. The molecule has 0 saturated heterocycles. The largest absolute Gasteiger partial charge is 0.318 e. The molecule has 2 N–H and O–H groups in total. The topological polar surface area (TPSA) is 72.9 Å². The Balaban J connectivity index is 2.23. The lowest BCUT2D eigenvalue weighted by atomic mass is 10.2. The van der Waals surface area contributed by atoms with Crippen molar-refractivity contribution in [3.8, 4) is 0 Å². The molecule has 0 fully saturated rings. The van der Waals surface area contributed by atoms with Crippen molar-refractivity contribution in [2.24, 2.45) is 5.73 Å². The quantitative estimate of drug-likeness (QED) is 0.888. The van der Waals surface area contributed by atoms with Crippen molar-refractivity contribution in [3.05, 3.63) is 27.4 Å². The maximum atomic E-state index is 6.24. The molecular formula is C10H15BrN6S. The molecule has 0 aliphatic heterocycles. The van der Waals surface area contributed by atoms with E-state index in [1.54, 1.807) is 12.4 Å². The van der Waals surface area contributed by atoms with E-state index in [0.717, 1.165) is 28.1 Å². The Morgan fingerprint density at radius 1 is 1.50 bits per heavy atom. The van der Waals surface area contributed by atoms with Crippen LogP contribution in [0, 0.1) is 0 Å². The fraction of sp³-hybridized carbons (Fsp3) is 0.500. The van der Waals surface area contributed by atoms with Crippen molar-refractivity contribution in [2.45, 2.75) is 12.6 Å². The summed E-state index contributed by atoms with van der Waals surface area (Å²) in [5.41, 5.74) is 7.20. The minimum absolute atomic E-state index is 0.246. The van der Waals surface area contributed by atoms with Crippen LogP contribution < -0.4 is 5.73 Å². The van der Waals surface area contributed by atoms with Gasteiger partial charge in [0.1, 0.15) is 0 Å². The van der Waals surface area contributed by atoms with Crippen LogP contribution in [-0.2, 0) is 6.54 Å². The van der Waals surface area contributed by atoms with Gasteiger partial charge < -0.3 is 10.6 Å². The maximum Gasteiger partial charge on any atom is 0.0860 e. The van der Waals surface area contributed by atoms with E-state index in [-0.39, 0.29) is 6.04 Å². The highest BCUT2D eigenvalue weighted by molar-refractivity contribution is 9.10. The number of likely N-dealkylation sites (N-methyl/N-ethyl adjacent to an activating group) is 1. The molecule has 0 aliphatic carbocycles. The van der Waals surface area contributed by atoms with Crippen LogP contribution in [0.2, 0.25) is 0 Å². The van der Waals surface area contributed by atoms with E-state index >= 15 is 0 Å². The second-order valence-electron chi connectivity index (χ2n) is 4.20. The van der Waals surface area contributed by atoms with Crippen molar-refractivity contribution in [1.29, 1.82) is 0 Å². The van der Waals surface area contributed by atoms with E-state index < -0.39 is 0 Å². The molecular weight excluding hydrogens is 316 g/mol. The molecule has 8 heteroatoms. The van der Waals surface area contributed by atoms with Gasteiger partial charge in [-0.15, -0.1) is 5.10 Å². The molecule has 0 bridgehead atoms. The molecule has 0 aliphatic rings. The van der Waals surface area contributed by atoms with E-state index in [2.05, 4.69) is 35.5 Å². The Labute approximate surface area is 118 Å². The van der Waals surface area contributed by atoms with Gasteiger partial charge in [-0.25, -0.2) is 0 Å². The van der Waals surface area contributed by atoms with Crippen LogP contribution in [0.15, 0.2) is 16.9 Å². The minimum atomic E-state index is -0.246. The third-order valence-corrected chi connectivity index (χ3v) is 3.93. The second kappa shape index (κ2) is 5.87. The van der Waals surface area contributed by atoms with Crippen LogP contribution in [0.25, 0.3) is 0 Å². The van der Waals surface area contributed by atoms with Crippen molar-refractivity contribution < 1.29 is 0 Å². The van der Waals surface area contributed by atoms with Gasteiger partial charge in [-0.1, -0.05) is 4.49 Å². The Morgan fingerprint density at radius 3 is 2.89 bits per heavy atom. The number of halogens is 1. The van der Waals surface area contributed by atoms with E-state index in [9.17, 15) is 0 Å². The van der Waals surface area contributed by atoms with Crippen molar-refractivity contribution in [3.63, 3.8) is 0 Å². The van der Waals surface area contributed by atoms with Gasteiger partial charge in [0.25, 0.3) is 0 Å². The fourth-order valence-corrected chi connectivity index (χ4v) is 2.65. The van der Waals surface area contributed by atoms with Crippen LogP contribution in [0.1, 0.15) is 16.6 Å². The summed E-state index contributed by atoms with van der Waals surface area (Å²) >= 11 is 4.81. The molecule has 0 radical (unpaired) electrons. The summed E-state index contributed by atoms with van der Waals surface area (Å²) in [4.78, 5) is 3.04. The predicted octanol–water partition coefficient (Wildman–Crippen LogP) is 1.11. The van der Waals surface area contributed by atoms with E-state index in [1.165, 1.54) is 11.5 Å². The van der Waals surface area contributed by atoms with Crippen molar-refractivity contribution in [1.82, 2.24) is 24.3 Å². The SMILES string of the molecule is CN(C)CCn1ncc(Br)c1C(N)c1cnns1. The van der Waals surface area contributed by atoms with E-state index in [0.29, 0.717) is 0 Å². The summed E-state index contributed by atoms with van der Waals surface area (Å²) in [5.74, 6) is 0. The van der Waals surface area contributed by atoms with Gasteiger partial charge in [0.15, 0.2) is 0 Å². The zero-order chi connectivity index (χ0) is 13.1. The van der Waals surface area contributed by atoms with Gasteiger partial charge in [0.05, 0.1) is 40.0 Å². The number of hydrogen-bond acceptors (Lipinski definition) is 6. The third kappa shape index (κ3) is 2.94. The molecule has 2 heterocycles. The smallest absolute Gasteiger partial charge is 0.0860 e. The van der Waals surface area contributed by atoms with Gasteiger partial charge in [0, 0.05) is 6.54 Å². The van der Waals surface area contributed by atoms with Crippen LogP contribution in [0.5, 0.6) is 0 Å². The summed E-state index contributed by atoms with van der Waals surface area (Å²) in [6, 6.07) is -0.246. The first-order valence-corrected chi connectivity index (χ1v) is 7.05. The molecule has 98 valence electrons. The Morgan fingerprint density at radius 2 is 2.28 bits per heavy atom. The lowest BCUT2D eigenvalue weighted by Crippen LogP contribution is -2.23. The average Bonchev–Trinajstić information content (AvgIpc) is 2.94. The number of nitrogens with two attached hydrogens (primary N) is 1. The molecule has 6 nitrogen and oxygen atoms in total. The van der Waals surface area contributed by atoms with Gasteiger partial charge in [-0.3, -0.25) is 4.68 Å². The summed E-state index contributed by atoms with van der Waals surface area (Å²) in [6.07, 6.45) is 3.48. The predicted molar refractivity (Wildman–Crippen MR) is 74.4 cm³/mol. The van der Waals surface area contributed by atoms with Gasteiger partial charge >= 0.3 is 0 Å². The first-order chi connectivity index (χ1) is 8.59. The van der Waals surface area contributed by atoms with Gasteiger partial charge in [-0.2, -0.15) is 5.10 Å². The third-order valence-electron chi connectivity index (χ3n) is 2.57. The zero-order valence-corrected chi connectivity index (χ0v) is 12.6. The summed E-state index contributed by atoms with van der Waals surface area (Å²) < 4.78 is 6.69. The highest BCUT2D eigenvalue weighted by Gasteiger charge is 2.20. The summed E-state index contributed by atoms with van der Waals surface area (Å²) in [6.45, 7) is 1.71. The standard InChI is InChI=1S/C10H15BrN6S/c1-16(2)3-4-17-10(7(11)5-14-17)9(12)8-6-13-15-18-8/h5-6,9H,3-4,12H2,1-2H3. The molecule has 0 saturated carbocycles. The van der Waals surface area contributed by atoms with Crippen LogP contribution in [0.3, 0.4) is 0 Å². The lowest BCUT2D eigenvalue weighted by Gasteiger charge is -2.15. The van der Waals surface area contributed by atoms with Crippen molar-refractivity contribution >= 4 is 27.5 Å². The number of rotatable bonds is 5. The fourth-order valence-electron chi connectivity index (χ4n) is 1.60. The van der Waals surface area contributed by atoms with Gasteiger partial charge in [-0.05, 0) is 41.6 Å². The van der Waals surface area contributed by atoms with Crippen LogP contribution in [0.4, 0.5) is 0 Å². The minimum Gasteiger partial charge on any atom is -0.318 e. The monoisotopic (exact) mass is 330 g/mol. The maximum absolute atomic E-state index is 6.24. The molecule has 18 heavy (non-hydrogen) atoms. The molecule has 1 unspecified atom stereocenters. The normalized spacial score (nSPS) is 13.2. The molecule has 2 rings (SSSR count). The Kier molecular flexibility index (Phi) is 4.44.